The lowest BCUT2D eigenvalue weighted by atomic mass is 9.73. The standard InChI is InChI=1S/C36H46N2O6/c1-6-36(7-2)29-14-12-25(33(41)31(37-44-23(3)39)22-24-10-8-9-11-32(24)40)20-27(29)28-21-26(13-15-30(28)36)34(42)35(4,5)38-16-18-43-19-17-38/h12-15,20-21,24,32,40H,6-11,16-19,22H2,1-5H3/b37-31+. The minimum Gasteiger partial charge on any atom is -0.393 e. The highest BCUT2D eigenvalue weighted by atomic mass is 16.7. The number of ether oxygens (including phenoxy) is 1. The molecular weight excluding hydrogens is 556 g/mol. The number of aliphatic hydroxyl groups is 1. The number of hydrogen-bond donors (Lipinski definition) is 1. The third-order valence-corrected chi connectivity index (χ3v) is 10.3. The molecule has 2 aromatic carbocycles. The van der Waals surface area contributed by atoms with Crippen molar-refractivity contribution in [2.75, 3.05) is 26.3 Å². The van der Waals surface area contributed by atoms with Crippen LogP contribution in [0.1, 0.15) is 111 Å². The number of carbonyl (C=O) groups is 3. The van der Waals surface area contributed by atoms with Crippen molar-refractivity contribution >= 4 is 23.2 Å². The lowest BCUT2D eigenvalue weighted by molar-refractivity contribution is -0.140. The van der Waals surface area contributed by atoms with E-state index in [1.807, 2.05) is 44.2 Å². The maximum atomic E-state index is 14.0. The van der Waals surface area contributed by atoms with Crippen LogP contribution in [-0.2, 0) is 19.8 Å². The van der Waals surface area contributed by atoms with Crippen molar-refractivity contribution in [1.29, 1.82) is 0 Å². The number of rotatable bonds is 10. The number of nitrogens with zero attached hydrogens (tertiary/aromatic N) is 2. The summed E-state index contributed by atoms with van der Waals surface area (Å²) in [6.45, 7) is 12.2. The summed E-state index contributed by atoms with van der Waals surface area (Å²) >= 11 is 0. The quantitative estimate of drug-likeness (QED) is 0.151. The topological polar surface area (TPSA) is 106 Å². The predicted octanol–water partition coefficient (Wildman–Crippen LogP) is 6.11. The second-order valence-electron chi connectivity index (χ2n) is 13.1. The number of ketones is 2. The van der Waals surface area contributed by atoms with Crippen LogP contribution in [0.3, 0.4) is 0 Å². The van der Waals surface area contributed by atoms with E-state index >= 15 is 0 Å². The van der Waals surface area contributed by atoms with Crippen LogP contribution < -0.4 is 0 Å². The van der Waals surface area contributed by atoms with E-state index in [0.717, 1.165) is 48.8 Å². The van der Waals surface area contributed by atoms with Crippen molar-refractivity contribution in [3.63, 3.8) is 0 Å². The van der Waals surface area contributed by atoms with Crippen LogP contribution in [-0.4, -0.2) is 71.2 Å². The molecule has 8 nitrogen and oxygen atoms in total. The van der Waals surface area contributed by atoms with E-state index in [1.54, 1.807) is 0 Å². The Balaban J connectivity index is 1.54. The fourth-order valence-electron chi connectivity index (χ4n) is 7.56. The van der Waals surface area contributed by atoms with Gasteiger partial charge in [0.05, 0.1) is 24.9 Å². The Hall–Kier alpha value is -3.20. The van der Waals surface area contributed by atoms with Crippen molar-refractivity contribution < 1.29 is 29.1 Å². The van der Waals surface area contributed by atoms with Crippen LogP contribution >= 0.6 is 0 Å². The van der Waals surface area contributed by atoms with Gasteiger partial charge in [0.15, 0.2) is 5.78 Å². The SMILES string of the molecule is CCC1(CC)c2ccc(C(=O)/C(CC3CCCCC3O)=N/OC(C)=O)cc2-c2cc(C(=O)C(C)(C)N3CCOCC3)ccc21. The maximum Gasteiger partial charge on any atom is 0.331 e. The summed E-state index contributed by atoms with van der Waals surface area (Å²) in [5, 5.41) is 14.6. The molecule has 1 N–H and O–H groups in total. The zero-order valence-electron chi connectivity index (χ0n) is 26.8. The highest BCUT2D eigenvalue weighted by Crippen LogP contribution is 2.53. The fraction of sp³-hybridized carbons (Fsp3) is 0.556. The van der Waals surface area contributed by atoms with Gasteiger partial charge in [0, 0.05) is 43.0 Å². The van der Waals surface area contributed by atoms with Gasteiger partial charge >= 0.3 is 5.97 Å². The number of Topliss-reactive ketones (excluding diaryl/α,β-unsaturated/α-hetero) is 2. The zero-order valence-corrected chi connectivity index (χ0v) is 26.8. The van der Waals surface area contributed by atoms with Crippen molar-refractivity contribution in [2.45, 2.75) is 96.6 Å². The molecule has 8 heteroatoms. The van der Waals surface area contributed by atoms with Crippen molar-refractivity contribution in [1.82, 2.24) is 4.90 Å². The molecule has 3 aliphatic rings. The Kier molecular flexibility index (Phi) is 9.54. The van der Waals surface area contributed by atoms with Crippen LogP contribution in [0.15, 0.2) is 41.6 Å². The lowest BCUT2D eigenvalue weighted by Crippen LogP contribution is -2.54. The minimum atomic E-state index is -0.685. The third-order valence-electron chi connectivity index (χ3n) is 10.3. The van der Waals surface area contributed by atoms with Gasteiger partial charge in [0.2, 0.25) is 5.78 Å². The van der Waals surface area contributed by atoms with Gasteiger partial charge in [-0.1, -0.05) is 56.1 Å². The number of fused-ring (bicyclic) bond motifs is 3. The highest BCUT2D eigenvalue weighted by Gasteiger charge is 2.42. The average Bonchev–Trinajstić information content (AvgIpc) is 3.32. The Labute approximate surface area is 260 Å². The molecule has 2 aromatic rings. The number of oxime groups is 1. The van der Waals surface area contributed by atoms with Crippen LogP contribution in [0.5, 0.6) is 0 Å². The van der Waals surface area contributed by atoms with Crippen molar-refractivity contribution in [3.05, 3.63) is 58.7 Å². The first-order chi connectivity index (χ1) is 21.0. The minimum absolute atomic E-state index is 0.0586. The summed E-state index contributed by atoms with van der Waals surface area (Å²) in [5.41, 5.74) is 4.55. The van der Waals surface area contributed by atoms with Gasteiger partial charge in [-0.25, -0.2) is 4.79 Å². The lowest BCUT2D eigenvalue weighted by Gasteiger charge is -2.39. The molecule has 1 saturated carbocycles. The van der Waals surface area contributed by atoms with Gasteiger partial charge in [-0.2, -0.15) is 0 Å². The number of benzene rings is 2. The van der Waals surface area contributed by atoms with E-state index in [4.69, 9.17) is 9.57 Å². The second kappa shape index (κ2) is 13.0. The van der Waals surface area contributed by atoms with E-state index in [2.05, 4.69) is 30.0 Å². The zero-order chi connectivity index (χ0) is 31.6. The van der Waals surface area contributed by atoms with Gasteiger partial charge in [0.25, 0.3) is 0 Å². The van der Waals surface area contributed by atoms with Crippen LogP contribution in [0.25, 0.3) is 11.1 Å². The van der Waals surface area contributed by atoms with Gasteiger partial charge in [-0.15, -0.1) is 0 Å². The normalized spacial score (nSPS) is 21.8. The van der Waals surface area contributed by atoms with E-state index in [0.29, 0.717) is 43.9 Å². The average molecular weight is 603 g/mol. The first-order valence-corrected chi connectivity index (χ1v) is 16.2. The molecule has 0 bridgehead atoms. The Morgan fingerprint density at radius 1 is 0.977 bits per heavy atom. The first-order valence-electron chi connectivity index (χ1n) is 16.2. The number of hydrogen-bond acceptors (Lipinski definition) is 8. The Morgan fingerprint density at radius 3 is 2.16 bits per heavy atom. The maximum absolute atomic E-state index is 14.0. The monoisotopic (exact) mass is 602 g/mol. The smallest absolute Gasteiger partial charge is 0.331 e. The fourth-order valence-corrected chi connectivity index (χ4v) is 7.56. The van der Waals surface area contributed by atoms with E-state index in [1.165, 1.54) is 12.5 Å². The molecule has 0 spiro atoms. The van der Waals surface area contributed by atoms with Crippen LogP contribution in [0.4, 0.5) is 0 Å². The molecule has 5 rings (SSSR count). The Bertz CT molecular complexity index is 1450. The third kappa shape index (κ3) is 5.92. The number of morpholine rings is 1. The molecule has 2 fully saturated rings. The molecule has 2 unspecified atom stereocenters. The van der Waals surface area contributed by atoms with E-state index in [-0.39, 0.29) is 35.0 Å². The van der Waals surface area contributed by atoms with Crippen molar-refractivity contribution in [2.24, 2.45) is 11.1 Å². The summed E-state index contributed by atoms with van der Waals surface area (Å²) in [7, 11) is 0. The molecule has 1 saturated heterocycles. The van der Waals surface area contributed by atoms with E-state index in [9.17, 15) is 19.5 Å². The number of aliphatic hydroxyl groups excluding tert-OH is 1. The molecule has 2 atom stereocenters. The largest absolute Gasteiger partial charge is 0.393 e. The molecule has 0 aromatic heterocycles. The van der Waals surface area contributed by atoms with Crippen molar-refractivity contribution in [3.8, 4) is 11.1 Å². The van der Waals surface area contributed by atoms with E-state index < -0.39 is 17.6 Å². The van der Waals surface area contributed by atoms with Gasteiger partial charge < -0.3 is 14.7 Å². The summed E-state index contributed by atoms with van der Waals surface area (Å²) in [6.07, 6.45) is 4.89. The van der Waals surface area contributed by atoms with Gasteiger partial charge in [-0.05, 0) is 79.8 Å². The summed E-state index contributed by atoms with van der Waals surface area (Å²) in [4.78, 5) is 46.7. The summed E-state index contributed by atoms with van der Waals surface area (Å²) in [6, 6.07) is 11.8. The highest BCUT2D eigenvalue weighted by molar-refractivity contribution is 6.46. The molecule has 0 amide bonds. The molecule has 1 aliphatic heterocycles. The number of carbonyl (C=O) groups excluding carboxylic acids is 3. The predicted molar refractivity (Wildman–Crippen MR) is 170 cm³/mol. The van der Waals surface area contributed by atoms with Crippen LogP contribution in [0.2, 0.25) is 0 Å². The van der Waals surface area contributed by atoms with Gasteiger partial charge in [-0.3, -0.25) is 14.5 Å². The second-order valence-corrected chi connectivity index (χ2v) is 13.1. The molecule has 1 heterocycles. The molecule has 236 valence electrons. The molecule has 0 radical (unpaired) electrons. The molecule has 2 aliphatic carbocycles. The first kappa shape index (κ1) is 32.2. The summed E-state index contributed by atoms with van der Waals surface area (Å²) < 4.78 is 5.52. The molecular formula is C36H46N2O6. The molecule has 44 heavy (non-hydrogen) atoms. The summed E-state index contributed by atoms with van der Waals surface area (Å²) in [5.74, 6) is -0.980. The Morgan fingerprint density at radius 2 is 1.57 bits per heavy atom. The van der Waals surface area contributed by atoms with Crippen LogP contribution in [0, 0.1) is 5.92 Å². The van der Waals surface area contributed by atoms with Gasteiger partial charge in [0.1, 0.15) is 5.71 Å².